The number of aromatic nitrogens is 2. The van der Waals surface area contributed by atoms with Gasteiger partial charge in [-0.2, -0.15) is 8.75 Å². The molecule has 2 N–H and O–H groups in total. The van der Waals surface area contributed by atoms with Crippen LogP contribution in [-0.2, 0) is 14.8 Å². The first-order valence-electron chi connectivity index (χ1n) is 9.80. The van der Waals surface area contributed by atoms with Gasteiger partial charge in [0.1, 0.15) is 21.7 Å². The van der Waals surface area contributed by atoms with Crippen molar-refractivity contribution >= 4 is 56.0 Å². The van der Waals surface area contributed by atoms with E-state index in [2.05, 4.69) is 18.8 Å². The van der Waals surface area contributed by atoms with Crippen molar-refractivity contribution in [2.45, 2.75) is 30.6 Å². The lowest BCUT2D eigenvalue weighted by Gasteiger charge is -2.28. The zero-order chi connectivity index (χ0) is 22.0. The van der Waals surface area contributed by atoms with Crippen LogP contribution in [0.4, 0.5) is 10.1 Å². The largest absolute Gasteiger partial charge is 0.326 e. The van der Waals surface area contributed by atoms with Crippen LogP contribution in [0, 0.1) is 17.7 Å². The van der Waals surface area contributed by atoms with Crippen LogP contribution in [0.5, 0.6) is 0 Å². The minimum absolute atomic E-state index is 0.0436. The van der Waals surface area contributed by atoms with Gasteiger partial charge < -0.3 is 5.32 Å². The molecule has 1 fully saturated rings. The number of anilines is 1. The Labute approximate surface area is 188 Å². The highest BCUT2D eigenvalue weighted by atomic mass is 35.5. The molecule has 0 aliphatic heterocycles. The molecule has 0 saturated heterocycles. The smallest absolute Gasteiger partial charge is 0.242 e. The molecule has 0 unspecified atom stereocenters. The normalized spacial score (nSPS) is 19.4. The van der Waals surface area contributed by atoms with Gasteiger partial charge in [-0.25, -0.2) is 17.5 Å². The second kappa shape index (κ2) is 9.15. The highest BCUT2D eigenvalue weighted by Gasteiger charge is 2.28. The summed E-state index contributed by atoms with van der Waals surface area (Å²) >= 11 is 6.73. The summed E-state index contributed by atoms with van der Waals surface area (Å²) in [5.74, 6) is -0.701. The van der Waals surface area contributed by atoms with Crippen molar-refractivity contribution in [1.82, 2.24) is 13.5 Å². The van der Waals surface area contributed by atoms with Crippen molar-refractivity contribution in [1.29, 1.82) is 0 Å². The van der Waals surface area contributed by atoms with Crippen molar-refractivity contribution < 1.29 is 17.6 Å². The predicted octanol–water partition coefficient (Wildman–Crippen LogP) is 4.21. The molecule has 1 saturated carbocycles. The highest BCUT2D eigenvalue weighted by molar-refractivity contribution is 7.89. The van der Waals surface area contributed by atoms with Gasteiger partial charge in [0.05, 0.1) is 16.8 Å². The first-order valence-corrected chi connectivity index (χ1v) is 12.4. The van der Waals surface area contributed by atoms with Crippen molar-refractivity contribution in [3.63, 3.8) is 0 Å². The number of sulfonamides is 1. The summed E-state index contributed by atoms with van der Waals surface area (Å²) in [5.41, 5.74) is 1.39. The number of nitrogens with zero attached hydrogens (tertiary/aromatic N) is 2. The van der Waals surface area contributed by atoms with E-state index in [9.17, 15) is 17.6 Å². The van der Waals surface area contributed by atoms with Gasteiger partial charge >= 0.3 is 0 Å². The first-order chi connectivity index (χ1) is 14.8. The quantitative estimate of drug-likeness (QED) is 0.548. The van der Waals surface area contributed by atoms with Crippen molar-refractivity contribution in [3.05, 3.63) is 47.2 Å². The molecule has 1 aliphatic carbocycles. The van der Waals surface area contributed by atoms with Crippen LogP contribution in [0.2, 0.25) is 5.02 Å². The number of fused-ring (bicyclic) bond motifs is 1. The number of carbonyl (C=O) groups excluding carboxylic acids is 1. The summed E-state index contributed by atoms with van der Waals surface area (Å²) in [6, 6.07) is 8.96. The van der Waals surface area contributed by atoms with E-state index in [0.717, 1.165) is 24.6 Å². The first kappa shape index (κ1) is 22.1. The van der Waals surface area contributed by atoms with E-state index in [1.165, 1.54) is 24.3 Å². The average Bonchev–Trinajstić information content (AvgIpc) is 3.24. The molecular formula is C20H20ClFN4O3S2. The average molecular weight is 483 g/mol. The molecule has 164 valence electrons. The summed E-state index contributed by atoms with van der Waals surface area (Å²) < 4.78 is 49.6. The maximum absolute atomic E-state index is 13.3. The topological polar surface area (TPSA) is 101 Å². The lowest BCUT2D eigenvalue weighted by molar-refractivity contribution is -0.121. The Bertz CT molecular complexity index is 1210. The number of hydrogen-bond acceptors (Lipinski definition) is 6. The standard InChI is InChI=1S/C20H20ClFN4O3S2/c21-15-10-14(8-9-16(15)22)24-20(27)13-6-4-12(5-7-13)11-23-31(28,29)18-3-1-2-17-19(18)26-30-25-17/h1-3,8-10,12-13,23H,4-7,11H2,(H,24,27). The molecule has 11 heteroatoms. The Morgan fingerprint density at radius 1 is 1.16 bits per heavy atom. The minimum atomic E-state index is -3.70. The van der Waals surface area contributed by atoms with Gasteiger partial charge in [-0.15, -0.1) is 0 Å². The molecule has 0 spiro atoms. The maximum atomic E-state index is 13.3. The molecule has 0 bridgehead atoms. The maximum Gasteiger partial charge on any atom is 0.242 e. The molecular weight excluding hydrogens is 463 g/mol. The van der Waals surface area contributed by atoms with Gasteiger partial charge in [-0.3, -0.25) is 4.79 Å². The Morgan fingerprint density at radius 2 is 1.94 bits per heavy atom. The van der Waals surface area contributed by atoms with E-state index in [4.69, 9.17) is 11.6 Å². The van der Waals surface area contributed by atoms with Gasteiger partial charge in [0.2, 0.25) is 15.9 Å². The van der Waals surface area contributed by atoms with Crippen LogP contribution < -0.4 is 10.0 Å². The van der Waals surface area contributed by atoms with E-state index >= 15 is 0 Å². The lowest BCUT2D eigenvalue weighted by atomic mass is 9.81. The van der Waals surface area contributed by atoms with Gasteiger partial charge in [-0.1, -0.05) is 17.7 Å². The second-order valence-electron chi connectivity index (χ2n) is 7.58. The van der Waals surface area contributed by atoms with Gasteiger partial charge in [-0.05, 0) is 61.9 Å². The number of nitrogens with one attached hydrogen (secondary N) is 2. The number of amides is 1. The fourth-order valence-electron chi connectivity index (χ4n) is 3.75. The van der Waals surface area contributed by atoms with Gasteiger partial charge in [0.15, 0.2) is 0 Å². The molecule has 0 radical (unpaired) electrons. The van der Waals surface area contributed by atoms with Crippen LogP contribution >= 0.6 is 23.3 Å². The monoisotopic (exact) mass is 482 g/mol. The molecule has 7 nitrogen and oxygen atoms in total. The molecule has 4 rings (SSSR count). The fraction of sp³-hybridized carbons (Fsp3) is 0.350. The third kappa shape index (κ3) is 5.03. The summed E-state index contributed by atoms with van der Waals surface area (Å²) in [5, 5.41) is 2.73. The van der Waals surface area contributed by atoms with E-state index < -0.39 is 15.8 Å². The van der Waals surface area contributed by atoms with Crippen LogP contribution in [0.15, 0.2) is 41.3 Å². The zero-order valence-electron chi connectivity index (χ0n) is 16.3. The number of hydrogen-bond donors (Lipinski definition) is 2. The predicted molar refractivity (Wildman–Crippen MR) is 118 cm³/mol. The molecule has 1 amide bonds. The molecule has 1 aliphatic rings. The fourth-order valence-corrected chi connectivity index (χ4v) is 5.81. The number of carbonyl (C=O) groups is 1. The molecule has 3 aromatic rings. The molecule has 2 aromatic carbocycles. The molecule has 0 atom stereocenters. The summed E-state index contributed by atoms with van der Waals surface area (Å²) in [6.07, 6.45) is 2.76. The summed E-state index contributed by atoms with van der Waals surface area (Å²) in [6.45, 7) is 0.304. The summed E-state index contributed by atoms with van der Waals surface area (Å²) in [4.78, 5) is 12.6. The molecule has 1 aromatic heterocycles. The Morgan fingerprint density at radius 3 is 2.68 bits per heavy atom. The van der Waals surface area contributed by atoms with Crippen molar-refractivity contribution in [3.8, 4) is 0 Å². The third-order valence-electron chi connectivity index (χ3n) is 5.51. The van der Waals surface area contributed by atoms with E-state index in [-0.39, 0.29) is 27.7 Å². The SMILES string of the molecule is O=C(Nc1ccc(F)c(Cl)c1)C1CCC(CNS(=O)(=O)c2cccc3nsnc23)CC1. The van der Waals surface area contributed by atoms with E-state index in [1.54, 1.807) is 12.1 Å². The number of benzene rings is 2. The lowest BCUT2D eigenvalue weighted by Crippen LogP contribution is -2.33. The van der Waals surface area contributed by atoms with Crippen LogP contribution in [0.3, 0.4) is 0 Å². The van der Waals surface area contributed by atoms with Gasteiger partial charge in [0.25, 0.3) is 0 Å². The van der Waals surface area contributed by atoms with Crippen molar-refractivity contribution in [2.75, 3.05) is 11.9 Å². The van der Waals surface area contributed by atoms with Crippen LogP contribution in [0.1, 0.15) is 25.7 Å². The minimum Gasteiger partial charge on any atom is -0.326 e. The van der Waals surface area contributed by atoms with Crippen LogP contribution in [-0.4, -0.2) is 29.6 Å². The zero-order valence-corrected chi connectivity index (χ0v) is 18.7. The molecule has 31 heavy (non-hydrogen) atoms. The molecule has 1 heterocycles. The Kier molecular flexibility index (Phi) is 6.52. The van der Waals surface area contributed by atoms with Crippen LogP contribution in [0.25, 0.3) is 11.0 Å². The van der Waals surface area contributed by atoms with Crippen molar-refractivity contribution in [2.24, 2.45) is 11.8 Å². The highest BCUT2D eigenvalue weighted by Crippen LogP contribution is 2.30. The Balaban J connectivity index is 1.30. The summed E-state index contributed by atoms with van der Waals surface area (Å²) in [7, 11) is -3.70. The van der Waals surface area contributed by atoms with Gasteiger partial charge in [0, 0.05) is 18.2 Å². The number of halogens is 2. The van der Waals surface area contributed by atoms with E-state index in [1.807, 2.05) is 0 Å². The Hall–Kier alpha value is -2.14. The second-order valence-corrected chi connectivity index (χ2v) is 10.2. The number of rotatable bonds is 6. The van der Waals surface area contributed by atoms with E-state index in [0.29, 0.717) is 36.1 Å². The third-order valence-corrected chi connectivity index (χ3v) is 7.79.